The summed E-state index contributed by atoms with van der Waals surface area (Å²) in [5.41, 5.74) is 16.4. The molecule has 35 heavy (non-hydrogen) atoms. The third-order valence-corrected chi connectivity index (χ3v) is 7.87. The van der Waals surface area contributed by atoms with Crippen molar-refractivity contribution in [1.82, 2.24) is 4.98 Å². The van der Waals surface area contributed by atoms with Crippen LogP contribution in [0.5, 0.6) is 0 Å². The van der Waals surface area contributed by atoms with Crippen molar-refractivity contribution in [2.24, 2.45) is 0 Å². The summed E-state index contributed by atoms with van der Waals surface area (Å²) in [5.74, 6) is 0.489. The SMILES string of the molecule is Cc1ccc(/C=C2\CCc3c2nc2c(c3-c3ccc(C)cc3)CCC2Cc2ccc(C)cc2)cc1. The summed E-state index contributed by atoms with van der Waals surface area (Å²) >= 11 is 0. The van der Waals surface area contributed by atoms with Crippen LogP contribution in [0.4, 0.5) is 0 Å². The second kappa shape index (κ2) is 8.96. The van der Waals surface area contributed by atoms with Crippen molar-refractivity contribution in [2.45, 2.75) is 58.8 Å². The molecule has 0 radical (unpaired) electrons. The van der Waals surface area contributed by atoms with E-state index in [-0.39, 0.29) is 0 Å². The largest absolute Gasteiger partial charge is 0.252 e. The molecule has 6 rings (SSSR count). The first-order valence-corrected chi connectivity index (χ1v) is 13.0. The quantitative estimate of drug-likeness (QED) is 0.301. The minimum absolute atomic E-state index is 0.489. The van der Waals surface area contributed by atoms with Crippen LogP contribution in [0.1, 0.15) is 69.1 Å². The van der Waals surface area contributed by atoms with E-state index in [1.165, 1.54) is 73.5 Å². The summed E-state index contributed by atoms with van der Waals surface area (Å²) in [6.07, 6.45) is 7.91. The highest BCUT2D eigenvalue weighted by atomic mass is 14.8. The van der Waals surface area contributed by atoms with E-state index in [1.54, 1.807) is 0 Å². The van der Waals surface area contributed by atoms with Crippen LogP contribution >= 0.6 is 0 Å². The van der Waals surface area contributed by atoms with E-state index in [1.807, 2.05) is 0 Å². The predicted molar refractivity (Wildman–Crippen MR) is 148 cm³/mol. The lowest BCUT2D eigenvalue weighted by Gasteiger charge is -2.17. The molecule has 1 atom stereocenters. The molecule has 4 aromatic rings. The van der Waals surface area contributed by atoms with E-state index >= 15 is 0 Å². The van der Waals surface area contributed by atoms with Gasteiger partial charge >= 0.3 is 0 Å². The fourth-order valence-corrected chi connectivity index (χ4v) is 5.90. The number of hydrogen-bond donors (Lipinski definition) is 0. The summed E-state index contributed by atoms with van der Waals surface area (Å²) in [7, 11) is 0. The highest BCUT2D eigenvalue weighted by Gasteiger charge is 2.33. The Morgan fingerprint density at radius 1 is 0.714 bits per heavy atom. The van der Waals surface area contributed by atoms with Gasteiger partial charge in [0.1, 0.15) is 0 Å². The first-order chi connectivity index (χ1) is 17.0. The number of nitrogens with zero attached hydrogens (tertiary/aromatic N) is 1. The number of allylic oxidation sites excluding steroid dienone is 1. The van der Waals surface area contributed by atoms with Gasteiger partial charge in [0.05, 0.1) is 5.69 Å². The van der Waals surface area contributed by atoms with Gasteiger partial charge in [-0.1, -0.05) is 89.5 Å². The molecule has 0 spiro atoms. The van der Waals surface area contributed by atoms with E-state index in [9.17, 15) is 0 Å². The number of fused-ring (bicyclic) bond motifs is 2. The van der Waals surface area contributed by atoms with Crippen LogP contribution < -0.4 is 0 Å². The van der Waals surface area contributed by atoms with Crippen molar-refractivity contribution in [3.05, 3.63) is 123 Å². The van der Waals surface area contributed by atoms with E-state index in [4.69, 9.17) is 4.98 Å². The second-order valence-electron chi connectivity index (χ2n) is 10.5. The maximum Gasteiger partial charge on any atom is 0.0703 e. The van der Waals surface area contributed by atoms with Crippen molar-refractivity contribution in [3.8, 4) is 11.1 Å². The second-order valence-corrected chi connectivity index (χ2v) is 10.5. The van der Waals surface area contributed by atoms with Gasteiger partial charge in [-0.2, -0.15) is 0 Å². The summed E-state index contributed by atoms with van der Waals surface area (Å²) in [5, 5.41) is 0. The molecule has 0 saturated heterocycles. The Morgan fingerprint density at radius 3 is 2.03 bits per heavy atom. The topological polar surface area (TPSA) is 12.9 Å². The molecule has 174 valence electrons. The van der Waals surface area contributed by atoms with Gasteiger partial charge in [-0.05, 0) is 97.9 Å². The van der Waals surface area contributed by atoms with Gasteiger partial charge < -0.3 is 0 Å². The number of rotatable bonds is 4. The minimum Gasteiger partial charge on any atom is -0.252 e. The summed E-state index contributed by atoms with van der Waals surface area (Å²) in [6, 6.07) is 27.1. The van der Waals surface area contributed by atoms with Gasteiger partial charge in [0.2, 0.25) is 0 Å². The fraction of sp³-hybridized carbons (Fsp3) is 0.265. The van der Waals surface area contributed by atoms with Crippen LogP contribution in [0, 0.1) is 20.8 Å². The molecule has 1 heterocycles. The van der Waals surface area contributed by atoms with Crippen molar-refractivity contribution < 1.29 is 0 Å². The Morgan fingerprint density at radius 2 is 1.34 bits per heavy atom. The fourth-order valence-electron chi connectivity index (χ4n) is 5.90. The molecule has 1 unspecified atom stereocenters. The summed E-state index contributed by atoms with van der Waals surface area (Å²) < 4.78 is 0. The lowest BCUT2D eigenvalue weighted by atomic mass is 9.91. The summed E-state index contributed by atoms with van der Waals surface area (Å²) in [4.78, 5) is 5.46. The van der Waals surface area contributed by atoms with E-state index in [2.05, 4.69) is 99.6 Å². The first-order valence-electron chi connectivity index (χ1n) is 13.0. The Bertz CT molecular complexity index is 1400. The summed E-state index contributed by atoms with van der Waals surface area (Å²) in [6.45, 7) is 6.48. The molecule has 0 saturated carbocycles. The highest BCUT2D eigenvalue weighted by Crippen LogP contribution is 2.46. The number of benzene rings is 3. The van der Waals surface area contributed by atoms with E-state index in [0.29, 0.717) is 5.92 Å². The maximum absolute atomic E-state index is 5.46. The molecule has 0 fully saturated rings. The third-order valence-electron chi connectivity index (χ3n) is 7.87. The molecule has 2 aliphatic carbocycles. The Balaban J connectivity index is 1.48. The van der Waals surface area contributed by atoms with Crippen molar-refractivity contribution in [3.63, 3.8) is 0 Å². The molecule has 3 aromatic carbocycles. The smallest absolute Gasteiger partial charge is 0.0703 e. The molecular weight excluding hydrogens is 422 g/mol. The molecular formula is C34H33N. The Kier molecular flexibility index (Phi) is 5.65. The molecule has 0 N–H and O–H groups in total. The number of aryl methyl sites for hydroxylation is 3. The first kappa shape index (κ1) is 22.0. The van der Waals surface area contributed by atoms with Gasteiger partial charge in [-0.25, -0.2) is 0 Å². The minimum atomic E-state index is 0.489. The van der Waals surface area contributed by atoms with Gasteiger partial charge in [0.15, 0.2) is 0 Å². The average Bonchev–Trinajstić information content (AvgIpc) is 3.45. The van der Waals surface area contributed by atoms with Crippen LogP contribution in [-0.2, 0) is 19.3 Å². The predicted octanol–water partition coefficient (Wildman–Crippen LogP) is 8.43. The molecule has 2 aliphatic rings. The zero-order chi connectivity index (χ0) is 23.9. The number of hydrogen-bond acceptors (Lipinski definition) is 1. The molecule has 0 amide bonds. The normalized spacial score (nSPS) is 17.6. The van der Waals surface area contributed by atoms with E-state index in [0.717, 1.165) is 25.7 Å². The van der Waals surface area contributed by atoms with E-state index < -0.39 is 0 Å². The lowest BCUT2D eigenvalue weighted by molar-refractivity contribution is 0.660. The van der Waals surface area contributed by atoms with Gasteiger partial charge in [0.25, 0.3) is 0 Å². The van der Waals surface area contributed by atoms with Gasteiger partial charge in [0, 0.05) is 11.6 Å². The third kappa shape index (κ3) is 4.25. The standard InChI is InChI=1S/C34H33N/c1-22-4-10-25(11-5-22)20-28-16-18-30-32(27-14-8-24(3)9-15-27)31-19-17-29(34(31)35-33(28)30)21-26-12-6-23(2)7-13-26/h4-15,20,29H,16-19,21H2,1-3H3/b28-20+. The number of aromatic nitrogens is 1. The van der Waals surface area contributed by atoms with Crippen LogP contribution in [0.25, 0.3) is 22.8 Å². The number of pyridine rings is 1. The van der Waals surface area contributed by atoms with Crippen molar-refractivity contribution in [1.29, 1.82) is 0 Å². The van der Waals surface area contributed by atoms with Crippen molar-refractivity contribution in [2.75, 3.05) is 0 Å². The molecule has 0 bridgehead atoms. The highest BCUT2D eigenvalue weighted by molar-refractivity contribution is 5.88. The molecule has 0 aliphatic heterocycles. The van der Waals surface area contributed by atoms with Crippen LogP contribution in [0.2, 0.25) is 0 Å². The van der Waals surface area contributed by atoms with Crippen molar-refractivity contribution >= 4 is 11.6 Å². The van der Waals surface area contributed by atoms with Crippen LogP contribution in [0.3, 0.4) is 0 Å². The lowest BCUT2D eigenvalue weighted by Crippen LogP contribution is -2.05. The van der Waals surface area contributed by atoms with Crippen LogP contribution in [-0.4, -0.2) is 4.98 Å². The molecule has 1 nitrogen and oxygen atoms in total. The molecule has 1 aromatic heterocycles. The Labute approximate surface area is 209 Å². The Hall–Kier alpha value is -3.45. The zero-order valence-corrected chi connectivity index (χ0v) is 21.1. The monoisotopic (exact) mass is 455 g/mol. The zero-order valence-electron chi connectivity index (χ0n) is 21.1. The molecule has 1 heteroatoms. The van der Waals surface area contributed by atoms with Crippen LogP contribution in [0.15, 0.2) is 72.8 Å². The van der Waals surface area contributed by atoms with Gasteiger partial charge in [-0.15, -0.1) is 0 Å². The van der Waals surface area contributed by atoms with Gasteiger partial charge in [-0.3, -0.25) is 4.98 Å². The average molecular weight is 456 g/mol. The maximum atomic E-state index is 5.46.